The van der Waals surface area contributed by atoms with Crippen molar-refractivity contribution in [2.75, 3.05) is 5.32 Å². The lowest BCUT2D eigenvalue weighted by Gasteiger charge is -2.26. The Morgan fingerprint density at radius 2 is 2.33 bits per heavy atom. The fourth-order valence-electron chi connectivity index (χ4n) is 2.70. The van der Waals surface area contributed by atoms with Crippen LogP contribution in [0.15, 0.2) is 10.9 Å². The number of anilines is 1. The summed E-state index contributed by atoms with van der Waals surface area (Å²) in [6.45, 7) is 1.77. The molecular weight excluding hydrogens is 292 g/mol. The molecule has 2 atom stereocenters. The normalized spacial score (nSPS) is 22.3. The quantitative estimate of drug-likeness (QED) is 0.892. The van der Waals surface area contributed by atoms with Gasteiger partial charge in [0.2, 0.25) is 10.1 Å². The second-order valence-corrected chi connectivity index (χ2v) is 6.34. The molecule has 1 saturated carbocycles. The number of nitrogens with zero attached hydrogens (tertiary/aromatic N) is 3. The van der Waals surface area contributed by atoms with Crippen LogP contribution in [-0.4, -0.2) is 31.7 Å². The van der Waals surface area contributed by atoms with Crippen molar-refractivity contribution in [1.82, 2.24) is 14.6 Å². The maximum absolute atomic E-state index is 11.8. The fraction of sp³-hybridized carbons (Fsp3) is 0.538. The van der Waals surface area contributed by atoms with E-state index in [4.69, 9.17) is 5.11 Å². The van der Waals surface area contributed by atoms with Gasteiger partial charge in [-0.05, 0) is 26.2 Å². The molecule has 8 heteroatoms. The van der Waals surface area contributed by atoms with Gasteiger partial charge in [-0.15, -0.1) is 5.10 Å². The molecule has 1 aliphatic rings. The highest BCUT2D eigenvalue weighted by Gasteiger charge is 2.27. The molecule has 0 aliphatic heterocycles. The first kappa shape index (κ1) is 14.0. The first-order valence-electron chi connectivity index (χ1n) is 6.90. The summed E-state index contributed by atoms with van der Waals surface area (Å²) in [7, 11) is 0. The summed E-state index contributed by atoms with van der Waals surface area (Å²) in [4.78, 5) is 27.7. The van der Waals surface area contributed by atoms with Gasteiger partial charge in [-0.25, -0.2) is 4.98 Å². The minimum Gasteiger partial charge on any atom is -0.481 e. The lowest BCUT2D eigenvalue weighted by Crippen LogP contribution is -2.31. The van der Waals surface area contributed by atoms with E-state index < -0.39 is 5.97 Å². The molecule has 2 heterocycles. The van der Waals surface area contributed by atoms with E-state index in [1.165, 1.54) is 21.9 Å². The molecule has 0 amide bonds. The average Bonchev–Trinajstić information content (AvgIpc) is 2.81. The number of carboxylic acids is 1. The van der Waals surface area contributed by atoms with Crippen molar-refractivity contribution >= 4 is 27.4 Å². The first-order valence-corrected chi connectivity index (χ1v) is 7.71. The van der Waals surface area contributed by atoms with E-state index in [0.717, 1.165) is 19.3 Å². The Balaban J connectivity index is 1.80. The van der Waals surface area contributed by atoms with Gasteiger partial charge in [0.1, 0.15) is 0 Å². The molecule has 0 aromatic carbocycles. The van der Waals surface area contributed by atoms with Gasteiger partial charge in [0, 0.05) is 17.8 Å². The van der Waals surface area contributed by atoms with E-state index in [-0.39, 0.29) is 17.5 Å². The number of aromatic nitrogens is 3. The van der Waals surface area contributed by atoms with Gasteiger partial charge in [-0.2, -0.15) is 4.52 Å². The van der Waals surface area contributed by atoms with Crippen molar-refractivity contribution in [1.29, 1.82) is 0 Å². The zero-order chi connectivity index (χ0) is 15.0. The molecule has 0 saturated heterocycles. The number of hydrogen-bond donors (Lipinski definition) is 2. The Morgan fingerprint density at radius 3 is 3.10 bits per heavy atom. The first-order chi connectivity index (χ1) is 10.0. The zero-order valence-electron chi connectivity index (χ0n) is 11.6. The van der Waals surface area contributed by atoms with Crippen molar-refractivity contribution in [3.8, 4) is 0 Å². The highest BCUT2D eigenvalue weighted by atomic mass is 32.1. The molecule has 2 aromatic rings. The van der Waals surface area contributed by atoms with Crippen LogP contribution in [0.3, 0.4) is 0 Å². The van der Waals surface area contributed by atoms with Gasteiger partial charge in [-0.1, -0.05) is 17.8 Å². The summed E-state index contributed by atoms with van der Waals surface area (Å²) in [5.74, 6) is -1.03. The second-order valence-electron chi connectivity index (χ2n) is 5.38. The third kappa shape index (κ3) is 2.90. The summed E-state index contributed by atoms with van der Waals surface area (Å²) in [5.41, 5.74) is 0.465. The maximum Gasteiger partial charge on any atom is 0.306 e. The van der Waals surface area contributed by atoms with Crippen molar-refractivity contribution in [2.24, 2.45) is 5.92 Å². The molecule has 0 bridgehead atoms. The second kappa shape index (κ2) is 5.44. The van der Waals surface area contributed by atoms with Crippen molar-refractivity contribution in [2.45, 2.75) is 38.6 Å². The standard InChI is InChI=1S/C13H16N4O3S/c1-7-5-10(18)17-13(14-7)21-12(16-17)15-9-4-2-3-8(6-9)11(19)20/h5,8-9H,2-4,6H2,1H3,(H,15,16)(H,19,20)/t8-,9+/m0/s1. The minimum absolute atomic E-state index is 0.0808. The highest BCUT2D eigenvalue weighted by molar-refractivity contribution is 7.20. The molecule has 0 unspecified atom stereocenters. The summed E-state index contributed by atoms with van der Waals surface area (Å²) >= 11 is 1.31. The predicted molar refractivity (Wildman–Crippen MR) is 78.9 cm³/mol. The van der Waals surface area contributed by atoms with E-state index in [1.54, 1.807) is 6.92 Å². The molecule has 112 valence electrons. The van der Waals surface area contributed by atoms with Gasteiger partial charge in [-0.3, -0.25) is 9.59 Å². The number of carboxylic acid groups (broad SMARTS) is 1. The largest absolute Gasteiger partial charge is 0.481 e. The summed E-state index contributed by atoms with van der Waals surface area (Å²) < 4.78 is 1.28. The molecule has 2 N–H and O–H groups in total. The van der Waals surface area contributed by atoms with E-state index >= 15 is 0 Å². The number of rotatable bonds is 3. The van der Waals surface area contributed by atoms with E-state index in [2.05, 4.69) is 15.4 Å². The highest BCUT2D eigenvalue weighted by Crippen LogP contribution is 2.28. The van der Waals surface area contributed by atoms with Crippen LogP contribution < -0.4 is 10.9 Å². The van der Waals surface area contributed by atoms with Gasteiger partial charge in [0.05, 0.1) is 5.92 Å². The van der Waals surface area contributed by atoms with Crippen LogP contribution in [0.2, 0.25) is 0 Å². The molecule has 7 nitrogen and oxygen atoms in total. The molecule has 0 spiro atoms. The number of nitrogens with one attached hydrogen (secondary N) is 1. The third-order valence-corrected chi connectivity index (χ3v) is 4.56. The van der Waals surface area contributed by atoms with E-state index in [9.17, 15) is 9.59 Å². The molecular formula is C13H16N4O3S. The summed E-state index contributed by atoms with van der Waals surface area (Å²) in [6, 6.07) is 1.52. The molecule has 0 radical (unpaired) electrons. The van der Waals surface area contributed by atoms with Crippen LogP contribution in [-0.2, 0) is 4.79 Å². The molecule has 1 aliphatic carbocycles. The lowest BCUT2D eigenvalue weighted by atomic mass is 9.86. The van der Waals surface area contributed by atoms with Crippen LogP contribution >= 0.6 is 11.3 Å². The van der Waals surface area contributed by atoms with Crippen LogP contribution in [0.1, 0.15) is 31.4 Å². The van der Waals surface area contributed by atoms with Gasteiger partial charge in [0.25, 0.3) is 5.56 Å². The van der Waals surface area contributed by atoms with Crippen LogP contribution in [0.4, 0.5) is 5.13 Å². The smallest absolute Gasteiger partial charge is 0.306 e. The SMILES string of the molecule is Cc1cc(=O)n2nc(N[C@@H]3CCC[C@H](C(=O)O)C3)sc2n1. The van der Waals surface area contributed by atoms with Crippen molar-refractivity contribution in [3.05, 3.63) is 22.1 Å². The van der Waals surface area contributed by atoms with Crippen LogP contribution in [0.25, 0.3) is 4.96 Å². The van der Waals surface area contributed by atoms with E-state index in [1.807, 2.05) is 0 Å². The Kier molecular flexibility index (Phi) is 3.62. The predicted octanol–water partition coefficient (Wildman–Crippen LogP) is 1.51. The zero-order valence-corrected chi connectivity index (χ0v) is 12.4. The lowest BCUT2D eigenvalue weighted by molar-refractivity contribution is -0.142. The van der Waals surface area contributed by atoms with Gasteiger partial charge in [0.15, 0.2) is 0 Å². The Morgan fingerprint density at radius 1 is 1.52 bits per heavy atom. The van der Waals surface area contributed by atoms with E-state index in [0.29, 0.717) is 22.2 Å². The molecule has 21 heavy (non-hydrogen) atoms. The number of fused-ring (bicyclic) bond motifs is 1. The number of hydrogen-bond acceptors (Lipinski definition) is 6. The topological polar surface area (TPSA) is 96.6 Å². The number of aryl methyl sites for hydroxylation is 1. The minimum atomic E-state index is -0.737. The average molecular weight is 308 g/mol. The van der Waals surface area contributed by atoms with Crippen molar-refractivity contribution in [3.63, 3.8) is 0 Å². The third-order valence-electron chi connectivity index (χ3n) is 3.72. The number of carbonyl (C=O) groups is 1. The summed E-state index contributed by atoms with van der Waals surface area (Å²) in [5, 5.41) is 17.2. The van der Waals surface area contributed by atoms with Gasteiger partial charge >= 0.3 is 5.97 Å². The summed E-state index contributed by atoms with van der Waals surface area (Å²) in [6.07, 6.45) is 3.12. The fourth-order valence-corrected chi connectivity index (χ4v) is 3.63. The van der Waals surface area contributed by atoms with Crippen LogP contribution in [0.5, 0.6) is 0 Å². The van der Waals surface area contributed by atoms with Crippen molar-refractivity contribution < 1.29 is 9.90 Å². The Labute approximate surface area is 124 Å². The molecule has 1 fully saturated rings. The van der Waals surface area contributed by atoms with Crippen LogP contribution in [0, 0.1) is 12.8 Å². The Hall–Kier alpha value is -1.96. The Bertz CT molecular complexity index is 739. The number of aliphatic carboxylic acids is 1. The van der Waals surface area contributed by atoms with Gasteiger partial charge < -0.3 is 10.4 Å². The maximum atomic E-state index is 11.8. The monoisotopic (exact) mass is 308 g/mol. The molecule has 2 aromatic heterocycles. The molecule has 3 rings (SSSR count).